The predicted molar refractivity (Wildman–Crippen MR) is 78.2 cm³/mol. The van der Waals surface area contributed by atoms with Crippen molar-refractivity contribution in [3.63, 3.8) is 0 Å². The number of nitrogens with zero attached hydrogens (tertiary/aromatic N) is 2. The smallest absolute Gasteiger partial charge is 0.151 e. The summed E-state index contributed by atoms with van der Waals surface area (Å²) in [6.45, 7) is 0. The Hall–Kier alpha value is -1.46. The van der Waals surface area contributed by atoms with Crippen LogP contribution in [-0.2, 0) is 5.88 Å². The summed E-state index contributed by atoms with van der Waals surface area (Å²) in [4.78, 5) is 4.21. The highest BCUT2D eigenvalue weighted by Crippen LogP contribution is 2.29. The van der Waals surface area contributed by atoms with E-state index in [1.54, 1.807) is 22.8 Å². The number of imidazole rings is 1. The maximum Gasteiger partial charge on any atom is 0.151 e. The zero-order valence-corrected chi connectivity index (χ0v) is 12.4. The molecular weight excluding hydrogens is 350 g/mol. The molecule has 0 aliphatic rings. The number of rotatable bonds is 2. The molecular formula is C14H8BrClF2N2. The highest BCUT2D eigenvalue weighted by Gasteiger charge is 2.16. The molecule has 0 amide bonds. The van der Waals surface area contributed by atoms with Crippen LogP contribution in [0.5, 0.6) is 0 Å². The normalized spacial score (nSPS) is 11.2. The summed E-state index contributed by atoms with van der Waals surface area (Å²) in [6, 6.07) is 8.98. The first kappa shape index (κ1) is 13.5. The molecule has 0 unspecified atom stereocenters. The molecule has 1 aromatic heterocycles. The van der Waals surface area contributed by atoms with Crippen LogP contribution in [0, 0.1) is 11.6 Å². The van der Waals surface area contributed by atoms with E-state index in [2.05, 4.69) is 20.9 Å². The Kier molecular flexibility index (Phi) is 3.48. The number of hydrogen-bond donors (Lipinski definition) is 0. The van der Waals surface area contributed by atoms with Crippen molar-refractivity contribution in [2.24, 2.45) is 0 Å². The highest BCUT2D eigenvalue weighted by molar-refractivity contribution is 9.10. The van der Waals surface area contributed by atoms with Crippen molar-refractivity contribution in [2.45, 2.75) is 5.88 Å². The fraction of sp³-hybridized carbons (Fsp3) is 0.0714. The molecule has 0 saturated heterocycles. The molecule has 2 aromatic carbocycles. The number of aromatic nitrogens is 2. The first-order valence-electron chi connectivity index (χ1n) is 5.79. The van der Waals surface area contributed by atoms with E-state index in [0.717, 1.165) is 0 Å². The Balaban J connectivity index is 2.37. The Morgan fingerprint density at radius 1 is 1.20 bits per heavy atom. The minimum absolute atomic E-state index is 0.123. The molecule has 0 aliphatic carbocycles. The molecule has 0 atom stereocenters. The van der Waals surface area contributed by atoms with E-state index in [-0.39, 0.29) is 17.2 Å². The molecule has 0 spiro atoms. The van der Waals surface area contributed by atoms with Gasteiger partial charge in [0.1, 0.15) is 17.2 Å². The molecule has 102 valence electrons. The zero-order chi connectivity index (χ0) is 14.3. The number of alkyl halides is 1. The monoisotopic (exact) mass is 356 g/mol. The topological polar surface area (TPSA) is 17.8 Å². The fourth-order valence-electron chi connectivity index (χ4n) is 2.13. The molecule has 20 heavy (non-hydrogen) atoms. The van der Waals surface area contributed by atoms with Crippen molar-refractivity contribution in [3.8, 4) is 5.69 Å². The molecule has 1 heterocycles. The van der Waals surface area contributed by atoms with Crippen molar-refractivity contribution in [1.82, 2.24) is 9.55 Å². The summed E-state index contributed by atoms with van der Waals surface area (Å²) in [5.74, 6) is -0.147. The van der Waals surface area contributed by atoms with Crippen LogP contribution in [0.3, 0.4) is 0 Å². The van der Waals surface area contributed by atoms with E-state index in [1.165, 1.54) is 18.2 Å². The second-order valence-electron chi connectivity index (χ2n) is 4.20. The average molecular weight is 358 g/mol. The molecule has 0 bridgehead atoms. The second kappa shape index (κ2) is 5.14. The Morgan fingerprint density at radius 3 is 2.70 bits per heavy atom. The van der Waals surface area contributed by atoms with Crippen LogP contribution in [0.4, 0.5) is 8.78 Å². The lowest BCUT2D eigenvalue weighted by Gasteiger charge is -2.10. The largest absolute Gasteiger partial charge is 0.294 e. The van der Waals surface area contributed by atoms with Crippen LogP contribution in [0.15, 0.2) is 40.9 Å². The van der Waals surface area contributed by atoms with Crippen LogP contribution in [0.1, 0.15) is 5.82 Å². The van der Waals surface area contributed by atoms with Gasteiger partial charge >= 0.3 is 0 Å². The van der Waals surface area contributed by atoms with Gasteiger partial charge in [-0.2, -0.15) is 0 Å². The molecule has 0 fully saturated rings. The third kappa shape index (κ3) is 2.11. The van der Waals surface area contributed by atoms with E-state index < -0.39 is 5.82 Å². The molecule has 0 aliphatic heterocycles. The van der Waals surface area contributed by atoms with Crippen LogP contribution in [0.2, 0.25) is 0 Å². The lowest BCUT2D eigenvalue weighted by atomic mass is 10.2. The lowest BCUT2D eigenvalue weighted by molar-refractivity contribution is 0.626. The number of fused-ring (bicyclic) bond motifs is 1. The van der Waals surface area contributed by atoms with Gasteiger partial charge in [-0.15, -0.1) is 11.6 Å². The molecule has 0 N–H and O–H groups in total. The summed E-state index contributed by atoms with van der Waals surface area (Å²) in [5.41, 5.74) is 1.50. The molecule has 3 rings (SSSR count). The molecule has 3 aromatic rings. The predicted octanol–water partition coefficient (Wildman–Crippen LogP) is 4.81. The summed E-state index contributed by atoms with van der Waals surface area (Å²) in [6.07, 6.45) is 0. The van der Waals surface area contributed by atoms with Crippen molar-refractivity contribution < 1.29 is 8.78 Å². The average Bonchev–Trinajstić information content (AvgIpc) is 2.79. The van der Waals surface area contributed by atoms with Crippen molar-refractivity contribution in [3.05, 3.63) is 58.3 Å². The summed E-state index contributed by atoms with van der Waals surface area (Å²) >= 11 is 9.20. The van der Waals surface area contributed by atoms with E-state index >= 15 is 0 Å². The molecule has 0 radical (unpaired) electrons. The number of halogens is 4. The van der Waals surface area contributed by atoms with E-state index in [9.17, 15) is 8.78 Å². The molecule has 0 saturated carbocycles. The van der Waals surface area contributed by atoms with Gasteiger partial charge in [0.25, 0.3) is 0 Å². The van der Waals surface area contributed by atoms with E-state index in [0.29, 0.717) is 21.5 Å². The molecule has 6 heteroatoms. The second-order valence-corrected chi connectivity index (χ2v) is 5.32. The van der Waals surface area contributed by atoms with Crippen molar-refractivity contribution in [1.29, 1.82) is 0 Å². The standard InChI is InChI=1S/C14H8BrClF2N2/c15-9-6-8(17)4-5-11(9)20-12-3-1-2-10(18)14(12)19-13(20)7-16/h1-6H,7H2. The van der Waals surface area contributed by atoms with Gasteiger partial charge in [-0.1, -0.05) is 6.07 Å². The lowest BCUT2D eigenvalue weighted by Crippen LogP contribution is -2.00. The van der Waals surface area contributed by atoms with Crippen LogP contribution >= 0.6 is 27.5 Å². The van der Waals surface area contributed by atoms with Crippen LogP contribution < -0.4 is 0 Å². The van der Waals surface area contributed by atoms with E-state index in [4.69, 9.17) is 11.6 Å². The van der Waals surface area contributed by atoms with Gasteiger partial charge in [0.05, 0.1) is 17.1 Å². The first-order chi connectivity index (χ1) is 9.61. The van der Waals surface area contributed by atoms with Crippen LogP contribution in [-0.4, -0.2) is 9.55 Å². The van der Waals surface area contributed by atoms with Gasteiger partial charge in [-0.25, -0.2) is 13.8 Å². The number of hydrogen-bond acceptors (Lipinski definition) is 1. The van der Waals surface area contributed by atoms with Crippen LogP contribution in [0.25, 0.3) is 16.7 Å². The van der Waals surface area contributed by atoms with Gasteiger partial charge in [-0.05, 0) is 46.3 Å². The SMILES string of the molecule is Fc1ccc(-n2c(CCl)nc3c(F)cccc32)c(Br)c1. The van der Waals surface area contributed by atoms with Gasteiger partial charge in [0, 0.05) is 4.47 Å². The quantitative estimate of drug-likeness (QED) is 0.602. The Bertz CT molecular complexity index is 801. The van der Waals surface area contributed by atoms with Gasteiger partial charge in [0.2, 0.25) is 0 Å². The maximum atomic E-state index is 13.8. The maximum absolute atomic E-state index is 13.8. The van der Waals surface area contributed by atoms with Crippen molar-refractivity contribution in [2.75, 3.05) is 0 Å². The van der Waals surface area contributed by atoms with Gasteiger partial charge < -0.3 is 0 Å². The highest BCUT2D eigenvalue weighted by atomic mass is 79.9. The fourth-order valence-corrected chi connectivity index (χ4v) is 2.84. The first-order valence-corrected chi connectivity index (χ1v) is 7.12. The summed E-state index contributed by atoms with van der Waals surface area (Å²) in [5, 5.41) is 0. The Labute approximate surface area is 127 Å². The van der Waals surface area contributed by atoms with Gasteiger partial charge in [0.15, 0.2) is 5.82 Å². The number of benzene rings is 2. The third-order valence-electron chi connectivity index (χ3n) is 2.98. The molecule has 2 nitrogen and oxygen atoms in total. The van der Waals surface area contributed by atoms with Gasteiger partial charge in [-0.3, -0.25) is 4.57 Å². The van der Waals surface area contributed by atoms with E-state index in [1.807, 2.05) is 0 Å². The zero-order valence-electron chi connectivity index (χ0n) is 10.1. The minimum atomic E-state index is -0.411. The summed E-state index contributed by atoms with van der Waals surface area (Å²) in [7, 11) is 0. The summed E-state index contributed by atoms with van der Waals surface area (Å²) < 4.78 is 29.3. The number of para-hydroxylation sites is 1. The van der Waals surface area contributed by atoms with Crippen molar-refractivity contribution >= 4 is 38.6 Å². The third-order valence-corrected chi connectivity index (χ3v) is 3.85. The minimum Gasteiger partial charge on any atom is -0.294 e. The Morgan fingerprint density at radius 2 is 2.00 bits per heavy atom.